The average molecular weight is 357 g/mol. The summed E-state index contributed by atoms with van der Waals surface area (Å²) in [5, 5.41) is 0.954. The van der Waals surface area contributed by atoms with Gasteiger partial charge < -0.3 is 9.80 Å². The molecule has 1 fully saturated rings. The van der Waals surface area contributed by atoms with Gasteiger partial charge >= 0.3 is 0 Å². The molecule has 0 radical (unpaired) electrons. The van der Waals surface area contributed by atoms with Gasteiger partial charge in [0.2, 0.25) is 11.8 Å². The van der Waals surface area contributed by atoms with Gasteiger partial charge in [0.1, 0.15) is 0 Å². The van der Waals surface area contributed by atoms with Gasteiger partial charge in [-0.25, -0.2) is 0 Å². The zero-order chi connectivity index (χ0) is 17.0. The van der Waals surface area contributed by atoms with Gasteiger partial charge in [0.05, 0.1) is 10.7 Å². The van der Waals surface area contributed by atoms with Crippen molar-refractivity contribution in [2.45, 2.75) is 33.1 Å². The van der Waals surface area contributed by atoms with Crippen molar-refractivity contribution in [3.05, 3.63) is 28.2 Å². The molecule has 2 amide bonds. The normalized spacial score (nSPS) is 17.9. The van der Waals surface area contributed by atoms with Crippen LogP contribution in [0.3, 0.4) is 0 Å². The first-order valence-electron chi connectivity index (χ1n) is 7.89. The zero-order valence-corrected chi connectivity index (χ0v) is 15.0. The number of nitrogens with zero attached hydrogens (tertiary/aromatic N) is 2. The van der Waals surface area contributed by atoms with E-state index in [-0.39, 0.29) is 18.2 Å². The highest BCUT2D eigenvalue weighted by molar-refractivity contribution is 6.35. The zero-order valence-electron chi connectivity index (χ0n) is 13.5. The number of anilines is 1. The SMILES string of the molecule is CC(=O)N(CCC(=O)N1CCCC(C)C1)c1cc(Cl)ccc1Cl. The lowest BCUT2D eigenvalue weighted by Crippen LogP contribution is -2.41. The maximum absolute atomic E-state index is 12.4. The van der Waals surface area contributed by atoms with Crippen molar-refractivity contribution in [3.63, 3.8) is 0 Å². The third kappa shape index (κ3) is 4.85. The molecule has 0 aliphatic carbocycles. The van der Waals surface area contributed by atoms with Crippen molar-refractivity contribution < 1.29 is 9.59 Å². The van der Waals surface area contributed by atoms with E-state index in [1.54, 1.807) is 18.2 Å². The van der Waals surface area contributed by atoms with E-state index in [2.05, 4.69) is 6.92 Å². The van der Waals surface area contributed by atoms with Crippen molar-refractivity contribution in [2.24, 2.45) is 5.92 Å². The van der Waals surface area contributed by atoms with E-state index in [1.165, 1.54) is 18.2 Å². The molecule has 1 saturated heterocycles. The topological polar surface area (TPSA) is 40.6 Å². The third-order valence-corrected chi connectivity index (χ3v) is 4.69. The number of benzene rings is 1. The van der Waals surface area contributed by atoms with Crippen LogP contribution < -0.4 is 4.90 Å². The molecule has 0 aromatic heterocycles. The molecule has 1 aromatic rings. The quantitative estimate of drug-likeness (QED) is 0.817. The number of amides is 2. The van der Waals surface area contributed by atoms with E-state index in [4.69, 9.17) is 23.2 Å². The molecule has 0 spiro atoms. The first-order chi connectivity index (χ1) is 10.9. The molecule has 23 heavy (non-hydrogen) atoms. The lowest BCUT2D eigenvalue weighted by molar-refractivity contribution is -0.132. The predicted octanol–water partition coefficient (Wildman–Crippen LogP) is 3.99. The van der Waals surface area contributed by atoms with Gasteiger partial charge in [-0.1, -0.05) is 30.1 Å². The molecule has 1 aliphatic rings. The van der Waals surface area contributed by atoms with Crippen molar-refractivity contribution in [2.75, 3.05) is 24.5 Å². The van der Waals surface area contributed by atoms with Crippen molar-refractivity contribution in [1.82, 2.24) is 4.90 Å². The Morgan fingerprint density at radius 1 is 1.35 bits per heavy atom. The van der Waals surface area contributed by atoms with Gasteiger partial charge in [0.15, 0.2) is 0 Å². The van der Waals surface area contributed by atoms with Gasteiger partial charge in [0.25, 0.3) is 0 Å². The minimum Gasteiger partial charge on any atom is -0.342 e. The van der Waals surface area contributed by atoms with Gasteiger partial charge in [0, 0.05) is 38.0 Å². The van der Waals surface area contributed by atoms with Crippen LogP contribution in [0.4, 0.5) is 5.69 Å². The van der Waals surface area contributed by atoms with Crippen LogP contribution in [0, 0.1) is 5.92 Å². The Morgan fingerprint density at radius 3 is 2.74 bits per heavy atom. The minimum absolute atomic E-state index is 0.0842. The van der Waals surface area contributed by atoms with E-state index in [0.717, 1.165) is 19.5 Å². The minimum atomic E-state index is -0.158. The summed E-state index contributed by atoms with van der Waals surface area (Å²) in [6.07, 6.45) is 2.50. The van der Waals surface area contributed by atoms with Gasteiger partial charge in [-0.05, 0) is 37.0 Å². The highest BCUT2D eigenvalue weighted by atomic mass is 35.5. The number of halogens is 2. The van der Waals surface area contributed by atoms with Crippen molar-refractivity contribution in [3.8, 4) is 0 Å². The second kappa shape index (κ2) is 8.02. The van der Waals surface area contributed by atoms with Crippen LogP contribution >= 0.6 is 23.2 Å². The Morgan fingerprint density at radius 2 is 2.09 bits per heavy atom. The summed E-state index contributed by atoms with van der Waals surface area (Å²) in [4.78, 5) is 27.7. The summed E-state index contributed by atoms with van der Waals surface area (Å²) in [5.41, 5.74) is 0.548. The van der Waals surface area contributed by atoms with E-state index in [0.29, 0.717) is 28.2 Å². The largest absolute Gasteiger partial charge is 0.342 e. The number of likely N-dealkylation sites (tertiary alicyclic amines) is 1. The van der Waals surface area contributed by atoms with Crippen LogP contribution in [-0.4, -0.2) is 36.3 Å². The molecular formula is C17H22Cl2N2O2. The van der Waals surface area contributed by atoms with E-state index in [1.807, 2.05) is 4.90 Å². The maximum Gasteiger partial charge on any atom is 0.224 e. The second-order valence-corrected chi connectivity index (χ2v) is 6.95. The molecule has 2 rings (SSSR count). The lowest BCUT2D eigenvalue weighted by Gasteiger charge is -2.32. The molecular weight excluding hydrogens is 335 g/mol. The summed E-state index contributed by atoms with van der Waals surface area (Å²) in [6, 6.07) is 4.98. The monoisotopic (exact) mass is 356 g/mol. The van der Waals surface area contributed by atoms with Crippen LogP contribution in [0.25, 0.3) is 0 Å². The van der Waals surface area contributed by atoms with Gasteiger partial charge in [-0.15, -0.1) is 0 Å². The Labute approximate surface area is 147 Å². The van der Waals surface area contributed by atoms with Crippen LogP contribution in [0.5, 0.6) is 0 Å². The van der Waals surface area contributed by atoms with Crippen molar-refractivity contribution in [1.29, 1.82) is 0 Å². The summed E-state index contributed by atoms with van der Waals surface area (Å²) in [6.45, 7) is 5.54. The van der Waals surface area contributed by atoms with Gasteiger partial charge in [-0.2, -0.15) is 0 Å². The summed E-state index contributed by atoms with van der Waals surface area (Å²) >= 11 is 12.2. The summed E-state index contributed by atoms with van der Waals surface area (Å²) < 4.78 is 0. The molecule has 1 unspecified atom stereocenters. The Bertz CT molecular complexity index is 592. The fraction of sp³-hybridized carbons (Fsp3) is 0.529. The molecule has 6 heteroatoms. The molecule has 0 bridgehead atoms. The molecule has 0 saturated carbocycles. The Hall–Kier alpha value is -1.26. The number of carbonyl (C=O) groups is 2. The van der Waals surface area contributed by atoms with Crippen LogP contribution in [0.2, 0.25) is 10.0 Å². The highest BCUT2D eigenvalue weighted by Crippen LogP contribution is 2.29. The number of hydrogen-bond acceptors (Lipinski definition) is 2. The van der Waals surface area contributed by atoms with Crippen LogP contribution in [0.15, 0.2) is 18.2 Å². The molecule has 1 aromatic carbocycles. The Kier molecular flexibility index (Phi) is 6.31. The molecule has 0 N–H and O–H groups in total. The number of carbonyl (C=O) groups excluding carboxylic acids is 2. The lowest BCUT2D eigenvalue weighted by atomic mass is 10.00. The average Bonchev–Trinajstić information content (AvgIpc) is 2.50. The highest BCUT2D eigenvalue weighted by Gasteiger charge is 2.22. The van der Waals surface area contributed by atoms with E-state index in [9.17, 15) is 9.59 Å². The summed E-state index contributed by atoms with van der Waals surface area (Å²) in [7, 11) is 0. The fourth-order valence-corrected chi connectivity index (χ4v) is 3.31. The summed E-state index contributed by atoms with van der Waals surface area (Å²) in [5.74, 6) is 0.467. The van der Waals surface area contributed by atoms with E-state index >= 15 is 0 Å². The molecule has 1 atom stereocenters. The molecule has 4 nitrogen and oxygen atoms in total. The maximum atomic E-state index is 12.4. The number of rotatable bonds is 4. The standard InChI is InChI=1S/C17H22Cl2N2O2/c1-12-4-3-8-20(11-12)17(23)7-9-21(13(2)22)16-10-14(18)5-6-15(16)19/h5-6,10,12H,3-4,7-9,11H2,1-2H3. The number of hydrogen-bond donors (Lipinski definition) is 0. The van der Waals surface area contributed by atoms with Gasteiger partial charge in [-0.3, -0.25) is 9.59 Å². The molecule has 1 aliphatic heterocycles. The van der Waals surface area contributed by atoms with Crippen LogP contribution in [-0.2, 0) is 9.59 Å². The number of piperidine rings is 1. The van der Waals surface area contributed by atoms with Crippen molar-refractivity contribution >= 4 is 40.7 Å². The second-order valence-electron chi connectivity index (χ2n) is 6.10. The smallest absolute Gasteiger partial charge is 0.224 e. The van der Waals surface area contributed by atoms with E-state index < -0.39 is 0 Å². The molecule has 126 valence electrons. The first-order valence-corrected chi connectivity index (χ1v) is 8.65. The first kappa shape index (κ1) is 18.1. The molecule has 1 heterocycles. The fourth-order valence-electron chi connectivity index (χ4n) is 2.92. The predicted molar refractivity (Wildman–Crippen MR) is 94.1 cm³/mol. The third-order valence-electron chi connectivity index (χ3n) is 4.14. The van der Waals surface area contributed by atoms with Crippen LogP contribution in [0.1, 0.15) is 33.1 Å². The Balaban J connectivity index is 2.04.